The lowest BCUT2D eigenvalue weighted by molar-refractivity contribution is 0.405. The molecule has 0 amide bonds. The average molecular weight is 847 g/mol. The van der Waals surface area contributed by atoms with Crippen LogP contribution in [-0.2, 0) is 11.8 Å². The van der Waals surface area contributed by atoms with Crippen molar-refractivity contribution in [2.45, 2.75) is 25.7 Å². The Morgan fingerprint density at radius 2 is 0.955 bits per heavy atom. The van der Waals surface area contributed by atoms with Crippen LogP contribution >= 0.6 is 0 Å². The van der Waals surface area contributed by atoms with Crippen molar-refractivity contribution in [2.75, 3.05) is 4.90 Å². The fourth-order valence-corrected chi connectivity index (χ4v) is 11.2. The first-order chi connectivity index (χ1) is 32.5. The number of hydrogen-bond donors (Lipinski definition) is 0. The molecule has 13 rings (SSSR count). The summed E-state index contributed by atoms with van der Waals surface area (Å²) in [6.07, 6.45) is 3.45. The Labute approximate surface area is 385 Å². The second-order valence-electron chi connectivity index (χ2n) is 18.5. The quantitative estimate of drug-likeness (QED) is 0.159. The van der Waals surface area contributed by atoms with Crippen molar-refractivity contribution < 1.29 is 4.42 Å². The number of anilines is 3. The van der Waals surface area contributed by atoms with Gasteiger partial charge in [-0.2, -0.15) is 0 Å². The second-order valence-corrected chi connectivity index (χ2v) is 18.5. The SMILES string of the molecule is CC1(C)c2ccccc2C2=Cc3c(n(-c4cccc5c4oc4c(-c6ccc(N(c7ccc(-c8ccccc8)cc7)c7ccc(-c8ccccc8)cc7)cc6)cccc45)c4ccccc34)CC21. The van der Waals surface area contributed by atoms with Gasteiger partial charge in [-0.15, -0.1) is 0 Å². The molecular weight excluding hydrogens is 801 g/mol. The van der Waals surface area contributed by atoms with Crippen molar-refractivity contribution >= 4 is 61.6 Å². The van der Waals surface area contributed by atoms with E-state index in [1.54, 1.807) is 0 Å². The van der Waals surface area contributed by atoms with Crippen molar-refractivity contribution in [3.8, 4) is 39.1 Å². The molecule has 0 saturated heterocycles. The van der Waals surface area contributed by atoms with Crippen LogP contribution in [0, 0.1) is 5.92 Å². The molecule has 1 atom stereocenters. The third-order valence-electron chi connectivity index (χ3n) is 14.5. The number of hydrogen-bond acceptors (Lipinski definition) is 2. The Balaban J connectivity index is 0.906. The molecule has 2 aromatic heterocycles. The van der Waals surface area contributed by atoms with E-state index in [0.29, 0.717) is 5.92 Å². The number of allylic oxidation sites excluding steroid dienone is 1. The number of para-hydroxylation sites is 3. The molecule has 3 heteroatoms. The van der Waals surface area contributed by atoms with Crippen molar-refractivity contribution in [2.24, 2.45) is 5.92 Å². The number of nitrogens with zero attached hydrogens (tertiary/aromatic N) is 2. The molecule has 66 heavy (non-hydrogen) atoms. The average Bonchev–Trinajstić information content (AvgIpc) is 4.00. The van der Waals surface area contributed by atoms with Gasteiger partial charge in [-0.05, 0) is 117 Å². The van der Waals surface area contributed by atoms with Crippen LogP contribution in [0.1, 0.15) is 36.2 Å². The van der Waals surface area contributed by atoms with E-state index < -0.39 is 0 Å². The molecule has 3 nitrogen and oxygen atoms in total. The maximum atomic E-state index is 7.18. The molecule has 0 spiro atoms. The summed E-state index contributed by atoms with van der Waals surface area (Å²) in [7, 11) is 0. The summed E-state index contributed by atoms with van der Waals surface area (Å²) in [6, 6.07) is 79.0. The van der Waals surface area contributed by atoms with E-state index in [4.69, 9.17) is 4.42 Å². The monoisotopic (exact) mass is 846 g/mol. The summed E-state index contributed by atoms with van der Waals surface area (Å²) in [5.41, 5.74) is 21.3. The first kappa shape index (κ1) is 38.3. The first-order valence-electron chi connectivity index (χ1n) is 23.1. The fourth-order valence-electron chi connectivity index (χ4n) is 11.2. The Morgan fingerprint density at radius 3 is 1.61 bits per heavy atom. The van der Waals surface area contributed by atoms with E-state index in [0.717, 1.165) is 62.2 Å². The zero-order chi connectivity index (χ0) is 43.9. The maximum Gasteiger partial charge on any atom is 0.159 e. The molecule has 0 radical (unpaired) electrons. The largest absolute Gasteiger partial charge is 0.453 e. The Bertz CT molecular complexity index is 3580. The summed E-state index contributed by atoms with van der Waals surface area (Å²) in [6.45, 7) is 4.85. The molecule has 0 saturated carbocycles. The molecule has 314 valence electrons. The zero-order valence-corrected chi connectivity index (χ0v) is 36.9. The van der Waals surface area contributed by atoms with Crippen LogP contribution in [0.2, 0.25) is 0 Å². The number of aromatic nitrogens is 1. The van der Waals surface area contributed by atoms with E-state index in [-0.39, 0.29) is 5.41 Å². The molecule has 0 fully saturated rings. The van der Waals surface area contributed by atoms with Crippen molar-refractivity contribution in [3.05, 3.63) is 241 Å². The molecule has 11 aromatic rings. The van der Waals surface area contributed by atoms with Crippen molar-refractivity contribution in [1.29, 1.82) is 0 Å². The predicted molar refractivity (Wildman–Crippen MR) is 276 cm³/mol. The van der Waals surface area contributed by atoms with Crippen LogP contribution in [0.4, 0.5) is 17.1 Å². The van der Waals surface area contributed by atoms with Gasteiger partial charge in [0.05, 0.1) is 11.2 Å². The Morgan fingerprint density at radius 1 is 0.455 bits per heavy atom. The summed E-state index contributed by atoms with van der Waals surface area (Å²) < 4.78 is 9.68. The van der Waals surface area contributed by atoms with Gasteiger partial charge in [0.15, 0.2) is 5.58 Å². The summed E-state index contributed by atoms with van der Waals surface area (Å²) in [5, 5.41) is 3.52. The Kier molecular flexibility index (Phi) is 8.69. The topological polar surface area (TPSA) is 21.3 Å². The Hall–Kier alpha value is -8.14. The first-order valence-corrected chi connectivity index (χ1v) is 23.1. The van der Waals surface area contributed by atoms with Crippen molar-refractivity contribution in [1.82, 2.24) is 4.57 Å². The highest BCUT2D eigenvalue weighted by molar-refractivity contribution is 6.12. The molecule has 0 aliphatic heterocycles. The molecule has 2 aliphatic rings. The summed E-state index contributed by atoms with van der Waals surface area (Å²) in [5.74, 6) is 0.383. The highest BCUT2D eigenvalue weighted by Crippen LogP contribution is 2.55. The maximum absolute atomic E-state index is 7.18. The number of furan rings is 1. The van der Waals surface area contributed by atoms with Gasteiger partial charge in [0.2, 0.25) is 0 Å². The lowest BCUT2D eigenvalue weighted by atomic mass is 9.73. The highest BCUT2D eigenvalue weighted by Gasteiger charge is 2.45. The summed E-state index contributed by atoms with van der Waals surface area (Å²) in [4.78, 5) is 2.34. The van der Waals surface area contributed by atoms with Crippen molar-refractivity contribution in [3.63, 3.8) is 0 Å². The third-order valence-corrected chi connectivity index (χ3v) is 14.5. The van der Waals surface area contributed by atoms with Crippen LogP contribution in [0.3, 0.4) is 0 Å². The van der Waals surface area contributed by atoms with Gasteiger partial charge in [0.25, 0.3) is 0 Å². The molecule has 0 bridgehead atoms. The van der Waals surface area contributed by atoms with E-state index in [9.17, 15) is 0 Å². The standard InChI is InChI=1S/C63H46N2O/c1-63(2)56-24-11-9-19-50(56)54-39-55-51-20-10-12-25-58(51)65(60(55)40-57(54)63)59-26-14-23-53-52-22-13-21-49(61(52)66-62(53)59)45-31-37-48(38-32-45)64(46-33-27-43(28-34-46)41-15-5-3-6-16-41)47-35-29-44(30-36-47)42-17-7-4-8-18-42/h3-39,57H,40H2,1-2H3. The molecular formula is C63H46N2O. The van der Waals surface area contributed by atoms with Gasteiger partial charge < -0.3 is 13.9 Å². The summed E-state index contributed by atoms with van der Waals surface area (Å²) >= 11 is 0. The molecule has 2 heterocycles. The normalized spacial score (nSPS) is 14.8. The smallest absolute Gasteiger partial charge is 0.159 e. The van der Waals surface area contributed by atoms with Crippen LogP contribution < -0.4 is 4.90 Å². The van der Waals surface area contributed by atoms with Crippen LogP contribution in [0.15, 0.2) is 223 Å². The molecule has 1 unspecified atom stereocenters. The third kappa shape index (κ3) is 5.97. The molecule has 9 aromatic carbocycles. The van der Waals surface area contributed by atoms with Gasteiger partial charge in [-0.3, -0.25) is 0 Å². The minimum atomic E-state index is 0.0221. The van der Waals surface area contributed by atoms with Crippen LogP contribution in [0.25, 0.3) is 83.6 Å². The minimum Gasteiger partial charge on any atom is -0.453 e. The van der Waals surface area contributed by atoms with E-state index in [2.05, 4.69) is 248 Å². The zero-order valence-electron chi connectivity index (χ0n) is 36.9. The van der Waals surface area contributed by atoms with Gasteiger partial charge in [0.1, 0.15) is 5.58 Å². The van der Waals surface area contributed by atoms with Gasteiger partial charge >= 0.3 is 0 Å². The highest BCUT2D eigenvalue weighted by atomic mass is 16.3. The van der Waals surface area contributed by atoms with E-state index in [1.807, 2.05) is 0 Å². The van der Waals surface area contributed by atoms with E-state index in [1.165, 1.54) is 61.1 Å². The van der Waals surface area contributed by atoms with Gasteiger partial charge in [0, 0.05) is 50.0 Å². The van der Waals surface area contributed by atoms with Gasteiger partial charge in [-0.25, -0.2) is 0 Å². The number of benzene rings is 9. The number of rotatable bonds is 7. The molecule has 2 aliphatic carbocycles. The fraction of sp³-hybridized carbons (Fsp3) is 0.0794. The lowest BCUT2D eigenvalue weighted by Gasteiger charge is -2.31. The van der Waals surface area contributed by atoms with Crippen LogP contribution in [-0.4, -0.2) is 4.57 Å². The van der Waals surface area contributed by atoms with Crippen LogP contribution in [0.5, 0.6) is 0 Å². The minimum absolute atomic E-state index is 0.0221. The second kappa shape index (κ2) is 15.0. The molecule has 0 N–H and O–H groups in total. The number of fused-ring (bicyclic) bond motifs is 9. The predicted octanol–water partition coefficient (Wildman–Crippen LogP) is 17.0. The van der Waals surface area contributed by atoms with E-state index >= 15 is 0 Å². The van der Waals surface area contributed by atoms with Gasteiger partial charge in [-0.1, -0.05) is 184 Å². The lowest BCUT2D eigenvalue weighted by Crippen LogP contribution is -2.27.